The van der Waals surface area contributed by atoms with E-state index in [0.29, 0.717) is 29.8 Å². The molecule has 0 aromatic heterocycles. The van der Waals surface area contributed by atoms with Crippen molar-refractivity contribution in [2.45, 2.75) is 68.7 Å². The second-order valence-corrected chi connectivity index (χ2v) is 11.8. The van der Waals surface area contributed by atoms with Crippen molar-refractivity contribution in [3.8, 4) is 11.1 Å². The molecule has 6 aliphatic rings. The summed E-state index contributed by atoms with van der Waals surface area (Å²) in [6.45, 7) is 3.24. The fourth-order valence-corrected chi connectivity index (χ4v) is 7.35. The predicted octanol–water partition coefficient (Wildman–Crippen LogP) is 2.27. The van der Waals surface area contributed by atoms with E-state index in [4.69, 9.17) is 9.47 Å². The maximum Gasteiger partial charge on any atom is 0.140 e. The molecule has 2 aromatic carbocycles. The Kier molecular flexibility index (Phi) is 5.39. The first kappa shape index (κ1) is 22.9. The molecule has 1 aliphatic carbocycles. The summed E-state index contributed by atoms with van der Waals surface area (Å²) in [6.07, 6.45) is 7.31. The van der Waals surface area contributed by atoms with Gasteiger partial charge in [0.1, 0.15) is 18.5 Å². The number of rotatable bonds is 5. The van der Waals surface area contributed by atoms with Gasteiger partial charge in [-0.3, -0.25) is 4.90 Å². The molecule has 8 rings (SSSR count). The van der Waals surface area contributed by atoms with E-state index in [2.05, 4.69) is 86.8 Å². The maximum absolute atomic E-state index is 6.04. The fraction of sp³-hybridized carbons (Fsp3) is 0.571. The van der Waals surface area contributed by atoms with Gasteiger partial charge < -0.3 is 14.5 Å². The van der Waals surface area contributed by atoms with Crippen LogP contribution in [0.25, 0.3) is 11.1 Å². The first-order chi connectivity index (χ1) is 18.2. The SMILES string of the molecule is CN1NC(C2NNNN2)c2ccc(-c3ccc(C4CC45CCN(C4OC4C4CCCO4)CC5)cc3)cc21. The lowest BCUT2D eigenvalue weighted by Crippen LogP contribution is -2.46. The summed E-state index contributed by atoms with van der Waals surface area (Å²) >= 11 is 0. The molecular weight excluding hydrogens is 466 g/mol. The summed E-state index contributed by atoms with van der Waals surface area (Å²) in [5, 5.41) is 2.12. The molecule has 5 aliphatic heterocycles. The third kappa shape index (κ3) is 3.92. The first-order valence-corrected chi connectivity index (χ1v) is 13.9. The Labute approximate surface area is 218 Å². The van der Waals surface area contributed by atoms with Crippen molar-refractivity contribution in [1.82, 2.24) is 32.2 Å². The molecule has 4 saturated heterocycles. The maximum atomic E-state index is 6.04. The molecule has 5 N–H and O–H groups in total. The molecule has 196 valence electrons. The van der Waals surface area contributed by atoms with Crippen LogP contribution in [-0.2, 0) is 9.47 Å². The number of ether oxygens (including phenoxy) is 2. The zero-order chi connectivity index (χ0) is 24.6. The average molecular weight is 504 g/mol. The molecule has 5 fully saturated rings. The zero-order valence-electron chi connectivity index (χ0n) is 21.4. The van der Waals surface area contributed by atoms with Crippen molar-refractivity contribution in [2.75, 3.05) is 31.8 Å². The van der Waals surface area contributed by atoms with Gasteiger partial charge in [0.05, 0.1) is 17.8 Å². The Morgan fingerprint density at radius 1 is 0.973 bits per heavy atom. The lowest BCUT2D eigenvalue weighted by molar-refractivity contribution is 0.0858. The second kappa shape index (κ2) is 8.72. The topological polar surface area (TPSA) is 88.4 Å². The number of hydrazine groups is 4. The van der Waals surface area contributed by atoms with Crippen LogP contribution in [0.2, 0.25) is 0 Å². The van der Waals surface area contributed by atoms with Crippen LogP contribution in [0.3, 0.4) is 0 Å². The first-order valence-electron chi connectivity index (χ1n) is 13.9. The Morgan fingerprint density at radius 2 is 1.76 bits per heavy atom. The van der Waals surface area contributed by atoms with E-state index in [-0.39, 0.29) is 12.2 Å². The highest BCUT2D eigenvalue weighted by Crippen LogP contribution is 2.65. The van der Waals surface area contributed by atoms with Gasteiger partial charge in [-0.05, 0) is 71.8 Å². The van der Waals surface area contributed by atoms with E-state index < -0.39 is 0 Å². The number of epoxide rings is 1. The number of piperidine rings is 1. The molecule has 5 unspecified atom stereocenters. The van der Waals surface area contributed by atoms with Crippen LogP contribution in [0.15, 0.2) is 42.5 Å². The predicted molar refractivity (Wildman–Crippen MR) is 141 cm³/mol. The normalized spacial score (nSPS) is 34.8. The quantitative estimate of drug-likeness (QED) is 0.395. The number of fused-ring (bicyclic) bond motifs is 1. The van der Waals surface area contributed by atoms with Crippen molar-refractivity contribution < 1.29 is 9.47 Å². The lowest BCUT2D eigenvalue weighted by atomic mass is 9.88. The van der Waals surface area contributed by atoms with E-state index >= 15 is 0 Å². The van der Waals surface area contributed by atoms with Crippen molar-refractivity contribution in [3.63, 3.8) is 0 Å². The zero-order valence-corrected chi connectivity index (χ0v) is 21.4. The van der Waals surface area contributed by atoms with E-state index in [0.717, 1.165) is 19.7 Å². The summed E-state index contributed by atoms with van der Waals surface area (Å²) in [6, 6.07) is 16.3. The third-order valence-electron chi connectivity index (χ3n) is 9.73. The van der Waals surface area contributed by atoms with Gasteiger partial charge >= 0.3 is 0 Å². The lowest BCUT2D eigenvalue weighted by Gasteiger charge is -2.32. The Bertz CT molecular complexity index is 1160. The molecule has 0 bridgehead atoms. The summed E-state index contributed by atoms with van der Waals surface area (Å²) in [5.41, 5.74) is 22.8. The Morgan fingerprint density at radius 3 is 2.51 bits per heavy atom. The van der Waals surface area contributed by atoms with E-state index in [1.807, 2.05) is 0 Å². The van der Waals surface area contributed by atoms with Crippen LogP contribution in [-0.4, -0.2) is 56.2 Å². The summed E-state index contributed by atoms with van der Waals surface area (Å²) in [4.78, 5) is 2.58. The van der Waals surface area contributed by atoms with Crippen molar-refractivity contribution in [3.05, 3.63) is 53.6 Å². The van der Waals surface area contributed by atoms with Crippen LogP contribution in [0.5, 0.6) is 0 Å². The number of hydrogen-bond acceptors (Lipinski definition) is 9. The fourth-order valence-electron chi connectivity index (χ4n) is 7.35. The molecular formula is C28H37N7O2. The van der Waals surface area contributed by atoms with Crippen molar-refractivity contribution >= 4 is 5.69 Å². The van der Waals surface area contributed by atoms with Gasteiger partial charge in [-0.15, -0.1) is 0 Å². The molecule has 2 aromatic rings. The monoisotopic (exact) mass is 503 g/mol. The molecule has 1 saturated carbocycles. The highest BCUT2D eigenvalue weighted by atomic mass is 16.6. The standard InChI is InChI=1S/C28H37N7O2/c1-34-22-15-19(8-9-20(22)24(31-34)26-29-32-33-30-26)17-4-6-18(7-5-17)21-16-28(21)10-12-35(13-11-28)27-25(37-27)23-3-2-14-36-23/h4-9,15,21,23-27,29-33H,2-3,10-14,16H2,1H3. The molecule has 0 amide bonds. The van der Waals surface area contributed by atoms with Gasteiger partial charge in [0, 0.05) is 26.7 Å². The van der Waals surface area contributed by atoms with Crippen molar-refractivity contribution in [2.24, 2.45) is 5.41 Å². The number of nitrogens with zero attached hydrogens (tertiary/aromatic N) is 2. The van der Waals surface area contributed by atoms with Crippen LogP contribution in [0, 0.1) is 5.41 Å². The van der Waals surface area contributed by atoms with Gasteiger partial charge in [-0.2, -0.15) is 11.1 Å². The van der Waals surface area contributed by atoms with E-state index in [1.54, 1.807) is 0 Å². The van der Waals surface area contributed by atoms with Gasteiger partial charge in [-0.25, -0.2) is 16.3 Å². The van der Waals surface area contributed by atoms with Gasteiger partial charge in [0.25, 0.3) is 0 Å². The van der Waals surface area contributed by atoms with Crippen LogP contribution >= 0.6 is 0 Å². The highest BCUT2D eigenvalue weighted by Gasteiger charge is 2.58. The number of nitrogens with one attached hydrogen (secondary N) is 5. The van der Waals surface area contributed by atoms with Crippen LogP contribution in [0.1, 0.15) is 55.2 Å². The highest BCUT2D eigenvalue weighted by molar-refractivity contribution is 5.72. The second-order valence-electron chi connectivity index (χ2n) is 11.8. The number of benzene rings is 2. The Hall–Kier alpha value is -2.08. The minimum Gasteiger partial charge on any atom is -0.375 e. The van der Waals surface area contributed by atoms with Gasteiger partial charge in [0.15, 0.2) is 0 Å². The molecule has 1 spiro atoms. The Balaban J connectivity index is 0.913. The summed E-state index contributed by atoms with van der Waals surface area (Å²) < 4.78 is 11.9. The van der Waals surface area contributed by atoms with Crippen molar-refractivity contribution in [1.29, 1.82) is 0 Å². The molecule has 5 heterocycles. The summed E-state index contributed by atoms with van der Waals surface area (Å²) in [5.74, 6) is 0.711. The molecule has 0 radical (unpaired) electrons. The minimum absolute atomic E-state index is 0.0612. The van der Waals surface area contributed by atoms with E-state index in [1.165, 1.54) is 60.0 Å². The third-order valence-corrected chi connectivity index (χ3v) is 9.73. The molecule has 9 heteroatoms. The van der Waals surface area contributed by atoms with Gasteiger partial charge in [0.2, 0.25) is 0 Å². The van der Waals surface area contributed by atoms with Gasteiger partial charge in [-0.1, -0.05) is 36.4 Å². The average Bonchev–Trinajstić information content (AvgIpc) is 3.57. The molecule has 9 nitrogen and oxygen atoms in total. The van der Waals surface area contributed by atoms with Crippen LogP contribution < -0.4 is 32.4 Å². The largest absolute Gasteiger partial charge is 0.375 e. The van der Waals surface area contributed by atoms with Crippen LogP contribution in [0.4, 0.5) is 5.69 Å². The summed E-state index contributed by atoms with van der Waals surface area (Å²) in [7, 11) is 2.08. The molecule has 37 heavy (non-hydrogen) atoms. The van der Waals surface area contributed by atoms with E-state index in [9.17, 15) is 0 Å². The number of anilines is 1. The number of hydrogen-bond donors (Lipinski definition) is 5. The minimum atomic E-state index is 0.0612. The number of likely N-dealkylation sites (tertiary alicyclic amines) is 1. The smallest absolute Gasteiger partial charge is 0.140 e. The molecule has 5 atom stereocenters.